The van der Waals surface area contributed by atoms with Crippen LogP contribution in [0.15, 0.2) is 79.0 Å². The quantitative estimate of drug-likeness (QED) is 0.296. The minimum atomic E-state index is -1.14. The fraction of sp³-hybridized carbons (Fsp3) is 0.185. The number of benzene rings is 2. The predicted molar refractivity (Wildman–Crippen MR) is 137 cm³/mol. The van der Waals surface area contributed by atoms with Crippen molar-refractivity contribution in [3.8, 4) is 5.75 Å². The van der Waals surface area contributed by atoms with Gasteiger partial charge < -0.3 is 20.5 Å². The van der Waals surface area contributed by atoms with Crippen molar-refractivity contribution in [3.63, 3.8) is 0 Å². The number of rotatable bonds is 10. The smallest absolute Gasteiger partial charge is 0.404 e. The molecule has 2 aromatic heterocycles. The van der Waals surface area contributed by atoms with Gasteiger partial charge in [-0.1, -0.05) is 42.5 Å². The fourth-order valence-corrected chi connectivity index (χ4v) is 3.86. The maximum atomic E-state index is 12.7. The van der Waals surface area contributed by atoms with Crippen molar-refractivity contribution in [1.29, 1.82) is 0 Å². The summed E-state index contributed by atoms with van der Waals surface area (Å²) >= 11 is 0. The van der Waals surface area contributed by atoms with Crippen LogP contribution in [0.25, 0.3) is 17.1 Å². The molecule has 0 aliphatic rings. The van der Waals surface area contributed by atoms with E-state index in [1.165, 1.54) is 6.08 Å². The largest absolute Gasteiger partial charge is 0.497 e. The van der Waals surface area contributed by atoms with E-state index in [2.05, 4.69) is 20.7 Å². The summed E-state index contributed by atoms with van der Waals surface area (Å²) in [7, 11) is 1.63. The van der Waals surface area contributed by atoms with Gasteiger partial charge in [0.05, 0.1) is 25.4 Å². The molecule has 9 heteroatoms. The molecule has 0 aliphatic carbocycles. The molecule has 36 heavy (non-hydrogen) atoms. The van der Waals surface area contributed by atoms with Gasteiger partial charge in [-0.2, -0.15) is 5.10 Å². The molecule has 0 radical (unpaired) electrons. The molecule has 3 N–H and O–H groups in total. The molecule has 4 aromatic rings. The lowest BCUT2D eigenvalue weighted by Crippen LogP contribution is -2.44. The summed E-state index contributed by atoms with van der Waals surface area (Å²) in [5.74, 6) is 0.436. The first-order valence-corrected chi connectivity index (χ1v) is 11.5. The lowest BCUT2D eigenvalue weighted by Gasteiger charge is -2.18. The van der Waals surface area contributed by atoms with Gasteiger partial charge in [-0.25, -0.2) is 14.5 Å². The maximum Gasteiger partial charge on any atom is 0.404 e. The van der Waals surface area contributed by atoms with Crippen LogP contribution in [-0.2, 0) is 17.8 Å². The van der Waals surface area contributed by atoms with Crippen LogP contribution < -0.4 is 15.4 Å². The molecule has 184 valence electrons. The molecule has 0 fully saturated rings. The van der Waals surface area contributed by atoms with E-state index in [1.807, 2.05) is 66.7 Å². The zero-order valence-electron chi connectivity index (χ0n) is 19.8. The van der Waals surface area contributed by atoms with Gasteiger partial charge >= 0.3 is 6.09 Å². The summed E-state index contributed by atoms with van der Waals surface area (Å²) in [4.78, 5) is 28.2. The third-order valence-electron chi connectivity index (χ3n) is 5.59. The van der Waals surface area contributed by atoms with Crippen LogP contribution in [0.4, 0.5) is 4.79 Å². The number of hydrogen-bond donors (Lipinski definition) is 3. The van der Waals surface area contributed by atoms with E-state index in [0.717, 1.165) is 22.3 Å². The summed E-state index contributed by atoms with van der Waals surface area (Å²) in [5.41, 5.74) is 3.35. The molecule has 2 heterocycles. The topological polar surface area (TPSA) is 118 Å². The molecular weight excluding hydrogens is 458 g/mol. The van der Waals surface area contributed by atoms with Crippen LogP contribution in [0.2, 0.25) is 0 Å². The number of ether oxygens (including phenoxy) is 1. The molecule has 1 atom stereocenters. The number of fused-ring (bicyclic) bond motifs is 1. The molecule has 0 saturated carbocycles. The normalized spacial score (nSPS) is 11.9. The monoisotopic (exact) mass is 485 g/mol. The molecule has 0 bridgehead atoms. The van der Waals surface area contributed by atoms with Crippen molar-refractivity contribution in [3.05, 3.63) is 95.8 Å². The standard InChI is InChI=1S/C27H27N5O4/c1-36-22-11-9-20(10-12-22)18-32-26-23(8-5-15-28-26)24(31-32)13-14-25(33)30-21(17-29-27(34)35)16-19-6-3-2-4-7-19/h2-15,21,29H,16-18H2,1H3,(H,30,33)(H,34,35)/t21-/m0/s1. The summed E-state index contributed by atoms with van der Waals surface area (Å²) in [6.07, 6.45) is 4.11. The van der Waals surface area contributed by atoms with Crippen molar-refractivity contribution in [2.24, 2.45) is 0 Å². The Morgan fingerprint density at radius 1 is 1.06 bits per heavy atom. The number of amides is 2. The Morgan fingerprint density at radius 2 is 1.83 bits per heavy atom. The van der Waals surface area contributed by atoms with Crippen LogP contribution in [0.3, 0.4) is 0 Å². The molecule has 0 saturated heterocycles. The number of carbonyl (C=O) groups is 2. The Balaban J connectivity index is 1.49. The fourth-order valence-electron chi connectivity index (χ4n) is 3.86. The van der Waals surface area contributed by atoms with Gasteiger partial charge in [-0.05, 0) is 47.9 Å². The predicted octanol–water partition coefficient (Wildman–Crippen LogP) is 3.50. The van der Waals surface area contributed by atoms with Crippen molar-refractivity contribution in [2.45, 2.75) is 19.0 Å². The Labute approximate surface area is 208 Å². The molecule has 4 rings (SSSR count). The lowest BCUT2D eigenvalue weighted by molar-refractivity contribution is -0.117. The second kappa shape index (κ2) is 11.7. The summed E-state index contributed by atoms with van der Waals surface area (Å²) in [5, 5.41) is 19.7. The number of carbonyl (C=O) groups excluding carboxylic acids is 1. The first-order chi connectivity index (χ1) is 17.5. The summed E-state index contributed by atoms with van der Waals surface area (Å²) in [6.45, 7) is 0.602. The SMILES string of the molecule is COc1ccc(Cn2nc(C=CC(=O)N[C@H](CNC(=O)O)Cc3ccccc3)c3cccnc32)cc1. The van der Waals surface area contributed by atoms with Crippen molar-refractivity contribution < 1.29 is 19.4 Å². The van der Waals surface area contributed by atoms with Gasteiger partial charge in [-0.3, -0.25) is 4.79 Å². The molecule has 0 aliphatic heterocycles. The second-order valence-electron chi connectivity index (χ2n) is 8.18. The summed E-state index contributed by atoms with van der Waals surface area (Å²) in [6, 6.07) is 20.6. The first-order valence-electron chi connectivity index (χ1n) is 11.5. The minimum Gasteiger partial charge on any atom is -0.497 e. The van der Waals surface area contributed by atoms with Gasteiger partial charge in [0.1, 0.15) is 5.75 Å². The van der Waals surface area contributed by atoms with Crippen LogP contribution in [-0.4, -0.2) is 51.6 Å². The van der Waals surface area contributed by atoms with Gasteiger partial charge in [-0.15, -0.1) is 0 Å². The molecule has 9 nitrogen and oxygen atoms in total. The summed E-state index contributed by atoms with van der Waals surface area (Å²) < 4.78 is 7.02. The Bertz CT molecular complexity index is 1350. The van der Waals surface area contributed by atoms with E-state index in [0.29, 0.717) is 24.3 Å². The highest BCUT2D eigenvalue weighted by Crippen LogP contribution is 2.20. The lowest BCUT2D eigenvalue weighted by atomic mass is 10.1. The van der Waals surface area contributed by atoms with Gasteiger partial charge in [0.25, 0.3) is 0 Å². The van der Waals surface area contributed by atoms with E-state index in [-0.39, 0.29) is 12.5 Å². The van der Waals surface area contributed by atoms with Crippen molar-refractivity contribution in [1.82, 2.24) is 25.4 Å². The number of carboxylic acid groups (broad SMARTS) is 1. The molecule has 0 spiro atoms. The van der Waals surface area contributed by atoms with Crippen molar-refractivity contribution in [2.75, 3.05) is 13.7 Å². The van der Waals surface area contributed by atoms with Crippen LogP contribution in [0.1, 0.15) is 16.8 Å². The highest BCUT2D eigenvalue weighted by Gasteiger charge is 2.14. The van der Waals surface area contributed by atoms with E-state index in [1.54, 1.807) is 24.1 Å². The number of nitrogens with zero attached hydrogens (tertiary/aromatic N) is 3. The highest BCUT2D eigenvalue weighted by molar-refractivity contribution is 5.94. The third-order valence-corrected chi connectivity index (χ3v) is 5.59. The third kappa shape index (κ3) is 6.47. The average molecular weight is 486 g/mol. The average Bonchev–Trinajstić information content (AvgIpc) is 3.24. The Morgan fingerprint density at radius 3 is 2.56 bits per heavy atom. The number of pyridine rings is 1. The minimum absolute atomic E-state index is 0.0904. The maximum absolute atomic E-state index is 12.7. The van der Waals surface area contributed by atoms with Crippen LogP contribution in [0.5, 0.6) is 5.75 Å². The number of nitrogens with one attached hydrogen (secondary N) is 2. The zero-order valence-corrected chi connectivity index (χ0v) is 19.8. The molecule has 2 amide bonds. The van der Waals surface area contributed by atoms with E-state index in [9.17, 15) is 9.59 Å². The van der Waals surface area contributed by atoms with Crippen LogP contribution in [0, 0.1) is 0 Å². The Kier molecular flexibility index (Phi) is 7.92. The zero-order chi connectivity index (χ0) is 25.3. The van der Waals surface area contributed by atoms with Crippen LogP contribution >= 0.6 is 0 Å². The number of methoxy groups -OCH3 is 1. The molecule has 2 aromatic carbocycles. The second-order valence-corrected chi connectivity index (χ2v) is 8.18. The number of aromatic nitrogens is 3. The van der Waals surface area contributed by atoms with E-state index in [4.69, 9.17) is 9.84 Å². The van der Waals surface area contributed by atoms with E-state index < -0.39 is 12.1 Å². The highest BCUT2D eigenvalue weighted by atomic mass is 16.5. The van der Waals surface area contributed by atoms with Crippen molar-refractivity contribution >= 4 is 29.1 Å². The van der Waals surface area contributed by atoms with Gasteiger partial charge in [0.2, 0.25) is 5.91 Å². The molecular formula is C27H27N5O4. The first kappa shape index (κ1) is 24.5. The molecule has 0 unspecified atom stereocenters. The number of hydrogen-bond acceptors (Lipinski definition) is 5. The van der Waals surface area contributed by atoms with E-state index >= 15 is 0 Å². The van der Waals surface area contributed by atoms with Gasteiger partial charge in [0, 0.05) is 24.2 Å². The van der Waals surface area contributed by atoms with Gasteiger partial charge in [0.15, 0.2) is 5.65 Å². The Hall–Kier alpha value is -4.66.